The van der Waals surface area contributed by atoms with Crippen molar-refractivity contribution in [1.29, 1.82) is 0 Å². The summed E-state index contributed by atoms with van der Waals surface area (Å²) in [5, 5.41) is 11.8. The zero-order chi connectivity index (χ0) is 33.8. The van der Waals surface area contributed by atoms with E-state index in [9.17, 15) is 37.5 Å². The normalized spacial score (nSPS) is 30.7. The highest BCUT2D eigenvalue weighted by Gasteiger charge is 2.76. The van der Waals surface area contributed by atoms with Crippen molar-refractivity contribution < 1.29 is 42.2 Å². The minimum Gasteiger partial charge on any atom is -0.503 e. The molecule has 1 saturated carbocycles. The average Bonchev–Trinajstić information content (AvgIpc) is 3.32. The largest absolute Gasteiger partial charge is 0.503 e. The van der Waals surface area contributed by atoms with Gasteiger partial charge in [-0.3, -0.25) is 29.1 Å². The number of rotatable bonds is 4. The van der Waals surface area contributed by atoms with Crippen molar-refractivity contribution in [2.75, 3.05) is 26.2 Å². The molecule has 2 saturated heterocycles. The number of fused-ring (bicyclic) bond motifs is 4. The number of hydrogen-bond donors (Lipinski definition) is 1. The maximum absolute atomic E-state index is 14.2. The molecule has 46 heavy (non-hydrogen) atoms. The molecule has 3 fully saturated rings. The number of amides is 4. The topological polar surface area (TPSA) is 120 Å². The van der Waals surface area contributed by atoms with Crippen LogP contribution in [0.4, 0.5) is 19.0 Å². The van der Waals surface area contributed by atoms with Crippen LogP contribution in [0.3, 0.4) is 0 Å². The van der Waals surface area contributed by atoms with Crippen molar-refractivity contribution >= 4 is 80.2 Å². The summed E-state index contributed by atoms with van der Waals surface area (Å²) in [4.78, 5) is 55.6. The number of ether oxygens (including phenoxy) is 1. The molecule has 244 valence electrons. The molecule has 2 aliphatic carbocycles. The van der Waals surface area contributed by atoms with Crippen molar-refractivity contribution in [3.05, 3.63) is 56.7 Å². The SMILES string of the molecule is COc1cc(C2C3=CCC4C(=O)N(N(C)c5nc(C(F)(F)F)ccc5Cl)C(=O)C4C3CC3(Cl)C(=O)N(C)C(=O)C23Cl)cc(Br)c1O. The lowest BCUT2D eigenvalue weighted by Gasteiger charge is -2.50. The first-order valence-corrected chi connectivity index (χ1v) is 15.6. The molecule has 1 aromatic carbocycles. The summed E-state index contributed by atoms with van der Waals surface area (Å²) in [7, 11) is 3.76. The number of pyridine rings is 1. The maximum Gasteiger partial charge on any atom is 0.433 e. The van der Waals surface area contributed by atoms with Crippen LogP contribution in [-0.2, 0) is 25.4 Å². The van der Waals surface area contributed by atoms with Crippen LogP contribution in [0, 0.1) is 17.8 Å². The Morgan fingerprint density at radius 2 is 1.78 bits per heavy atom. The van der Waals surface area contributed by atoms with Crippen LogP contribution in [-0.4, -0.2) is 74.6 Å². The molecule has 6 atom stereocenters. The van der Waals surface area contributed by atoms with Crippen molar-refractivity contribution in [3.63, 3.8) is 0 Å². The van der Waals surface area contributed by atoms with Gasteiger partial charge in [0.15, 0.2) is 27.1 Å². The van der Waals surface area contributed by atoms with Crippen LogP contribution in [0.1, 0.15) is 30.0 Å². The Balaban J connectivity index is 1.48. The molecule has 1 N–H and O–H groups in total. The Labute approximate surface area is 283 Å². The summed E-state index contributed by atoms with van der Waals surface area (Å²) in [6, 6.07) is 4.59. The zero-order valence-electron chi connectivity index (χ0n) is 24.0. The third-order valence-corrected chi connectivity index (χ3v) is 11.6. The molecule has 10 nitrogen and oxygen atoms in total. The van der Waals surface area contributed by atoms with Crippen molar-refractivity contribution in [1.82, 2.24) is 14.9 Å². The molecule has 0 radical (unpaired) electrons. The first kappa shape index (κ1) is 32.9. The predicted molar refractivity (Wildman–Crippen MR) is 162 cm³/mol. The number of anilines is 1. The third kappa shape index (κ3) is 4.32. The fraction of sp³-hybridized carbons (Fsp3) is 0.414. The highest BCUT2D eigenvalue weighted by Crippen LogP contribution is 2.65. The van der Waals surface area contributed by atoms with Gasteiger partial charge >= 0.3 is 6.18 Å². The number of benzene rings is 1. The molecule has 4 aliphatic rings. The molecule has 0 spiro atoms. The number of methoxy groups -OCH3 is 1. The Hall–Kier alpha value is -3.07. The molecule has 4 amide bonds. The number of alkyl halides is 5. The van der Waals surface area contributed by atoms with Crippen LogP contribution in [0.2, 0.25) is 5.02 Å². The van der Waals surface area contributed by atoms with E-state index in [0.717, 1.165) is 16.0 Å². The van der Waals surface area contributed by atoms with Gasteiger partial charge in [0.25, 0.3) is 23.6 Å². The van der Waals surface area contributed by atoms with Gasteiger partial charge in [-0.05, 0) is 64.5 Å². The Morgan fingerprint density at radius 1 is 1.11 bits per heavy atom. The van der Waals surface area contributed by atoms with E-state index in [0.29, 0.717) is 22.2 Å². The first-order chi connectivity index (χ1) is 21.4. The average molecular weight is 767 g/mol. The first-order valence-electron chi connectivity index (χ1n) is 13.7. The fourth-order valence-electron chi connectivity index (χ4n) is 7.22. The number of aromatic hydroxyl groups is 1. The quantitative estimate of drug-likeness (QED) is 0.254. The lowest BCUT2D eigenvalue weighted by Crippen LogP contribution is -2.60. The molecule has 2 aliphatic heterocycles. The molecule has 1 aromatic heterocycles. The minimum absolute atomic E-state index is 0.00227. The number of phenolic OH excluding ortho intramolecular Hbond substituents is 1. The molecular weight excluding hydrogens is 744 g/mol. The summed E-state index contributed by atoms with van der Waals surface area (Å²) in [6.07, 6.45) is -3.44. The summed E-state index contributed by atoms with van der Waals surface area (Å²) < 4.78 is 45.9. The standard InChI is InChI=1S/C29H23BrCl3F3N4O6/c1-38-25(44)27(32)10-14-12(20(28(27,33)26(38)45)11-8-15(30)21(41)17(9-11)46-3)4-5-13-19(14)24(43)40(23(13)42)39(2)22-16(31)6-7-18(37-22)29(34,35)36/h4,6-9,13-14,19-20,41H,5,10H2,1-3H3. The van der Waals surface area contributed by atoms with E-state index in [4.69, 9.17) is 39.5 Å². The van der Waals surface area contributed by atoms with E-state index in [1.807, 2.05) is 0 Å². The smallest absolute Gasteiger partial charge is 0.433 e. The summed E-state index contributed by atoms with van der Waals surface area (Å²) in [5.41, 5.74) is -0.483. The number of allylic oxidation sites excluding steroid dienone is 2. The van der Waals surface area contributed by atoms with Crippen molar-refractivity contribution in [2.24, 2.45) is 17.8 Å². The van der Waals surface area contributed by atoms with E-state index < -0.39 is 74.7 Å². The van der Waals surface area contributed by atoms with Gasteiger partial charge in [-0.15, -0.1) is 23.2 Å². The maximum atomic E-state index is 14.2. The molecule has 0 bridgehead atoms. The van der Waals surface area contributed by atoms with Gasteiger partial charge in [-0.1, -0.05) is 23.3 Å². The van der Waals surface area contributed by atoms with E-state index in [2.05, 4.69) is 20.9 Å². The Kier molecular flexibility index (Phi) is 7.66. The second-order valence-corrected chi connectivity index (χ2v) is 14.1. The van der Waals surface area contributed by atoms with Gasteiger partial charge in [-0.2, -0.15) is 18.2 Å². The highest BCUT2D eigenvalue weighted by molar-refractivity contribution is 9.10. The lowest BCUT2D eigenvalue weighted by molar-refractivity contribution is -0.141. The van der Waals surface area contributed by atoms with Crippen LogP contribution < -0.4 is 9.75 Å². The van der Waals surface area contributed by atoms with E-state index in [1.54, 1.807) is 6.08 Å². The van der Waals surface area contributed by atoms with Crippen LogP contribution in [0.25, 0.3) is 0 Å². The molecule has 6 unspecified atom stereocenters. The van der Waals surface area contributed by atoms with E-state index in [-0.39, 0.29) is 33.8 Å². The van der Waals surface area contributed by atoms with Gasteiger partial charge in [0.05, 0.1) is 28.4 Å². The highest BCUT2D eigenvalue weighted by atomic mass is 79.9. The molecule has 17 heteroatoms. The second kappa shape index (κ2) is 10.7. The summed E-state index contributed by atoms with van der Waals surface area (Å²) in [6.45, 7) is 0. The van der Waals surface area contributed by atoms with Gasteiger partial charge < -0.3 is 9.84 Å². The number of phenols is 1. The number of imide groups is 2. The second-order valence-electron chi connectivity index (χ2n) is 11.6. The summed E-state index contributed by atoms with van der Waals surface area (Å²) in [5.74, 6) is -7.90. The number of hydrazine groups is 1. The van der Waals surface area contributed by atoms with Gasteiger partial charge in [0, 0.05) is 20.0 Å². The lowest BCUT2D eigenvalue weighted by atomic mass is 9.56. The van der Waals surface area contributed by atoms with Crippen LogP contribution in [0.5, 0.6) is 11.5 Å². The number of carbonyl (C=O) groups excluding carboxylic acids is 4. The summed E-state index contributed by atoms with van der Waals surface area (Å²) >= 11 is 23.8. The van der Waals surface area contributed by atoms with Crippen molar-refractivity contribution in [2.45, 2.75) is 34.7 Å². The minimum atomic E-state index is -4.82. The number of aromatic nitrogens is 1. The number of nitrogens with zero attached hydrogens (tertiary/aromatic N) is 4. The molecular formula is C29H23BrCl3F3N4O6. The predicted octanol–water partition coefficient (Wildman–Crippen LogP) is 5.27. The Morgan fingerprint density at radius 3 is 2.41 bits per heavy atom. The molecule has 2 aromatic rings. The van der Waals surface area contributed by atoms with E-state index in [1.165, 1.54) is 33.3 Å². The molecule has 6 rings (SSSR count). The van der Waals surface area contributed by atoms with Crippen LogP contribution >= 0.6 is 50.7 Å². The Bertz CT molecular complexity index is 1780. The monoisotopic (exact) mass is 764 g/mol. The molecule has 3 heterocycles. The van der Waals surface area contributed by atoms with Crippen LogP contribution in [0.15, 0.2) is 40.4 Å². The number of likely N-dealkylation sites (tertiary alicyclic amines) is 1. The third-order valence-electron chi connectivity index (χ3n) is 9.32. The number of carbonyl (C=O) groups is 4. The fourth-order valence-corrected chi connectivity index (χ4v) is 8.93. The van der Waals surface area contributed by atoms with Crippen molar-refractivity contribution in [3.8, 4) is 11.5 Å². The number of halogens is 7. The van der Waals surface area contributed by atoms with Gasteiger partial charge in [-0.25, -0.2) is 4.98 Å². The number of hydrogen-bond acceptors (Lipinski definition) is 8. The van der Waals surface area contributed by atoms with Gasteiger partial charge in [0.2, 0.25) is 0 Å². The van der Waals surface area contributed by atoms with E-state index >= 15 is 0 Å². The zero-order valence-corrected chi connectivity index (χ0v) is 27.9. The van der Waals surface area contributed by atoms with Gasteiger partial charge in [0.1, 0.15) is 5.69 Å².